The fraction of sp³-hybridized carbons (Fsp3) is 0.700. The van der Waals surface area contributed by atoms with E-state index in [0.29, 0.717) is 25.8 Å². The first-order chi connectivity index (χ1) is 26.9. The summed E-state index contributed by atoms with van der Waals surface area (Å²) in [5, 5.41) is 25.6. The summed E-state index contributed by atoms with van der Waals surface area (Å²) in [7, 11) is 6.41. The first kappa shape index (κ1) is 51.7. The Morgan fingerprint density at radius 1 is 0.966 bits per heavy atom. The molecule has 5 N–H and O–H groups in total. The van der Waals surface area contributed by atoms with Crippen LogP contribution < -0.4 is 16.0 Å². The van der Waals surface area contributed by atoms with Crippen molar-refractivity contribution in [1.82, 2.24) is 25.8 Å². The van der Waals surface area contributed by atoms with Crippen molar-refractivity contribution in [3.8, 4) is 0 Å². The number of carboxylic acids is 2. The van der Waals surface area contributed by atoms with E-state index in [1.807, 2.05) is 58.0 Å². The highest BCUT2D eigenvalue weighted by Crippen LogP contribution is 2.30. The van der Waals surface area contributed by atoms with Crippen LogP contribution in [0.5, 0.6) is 0 Å². The Bertz CT molecular complexity index is 1510. The van der Waals surface area contributed by atoms with Crippen LogP contribution in [0.25, 0.3) is 0 Å². The number of benzene rings is 1. The lowest BCUT2D eigenvalue weighted by Gasteiger charge is -2.41. The van der Waals surface area contributed by atoms with Crippen molar-refractivity contribution in [3.05, 3.63) is 35.9 Å². The van der Waals surface area contributed by atoms with Crippen LogP contribution in [0.1, 0.15) is 79.7 Å². The molecule has 1 aromatic carbocycles. The molecular formula is C40H64F3N5O10. The minimum Gasteiger partial charge on any atom is -0.480 e. The number of carbonyl (C=O) groups is 6. The number of amides is 4. The van der Waals surface area contributed by atoms with Crippen LogP contribution in [0.3, 0.4) is 0 Å². The number of halogens is 3. The molecule has 15 nitrogen and oxygen atoms in total. The van der Waals surface area contributed by atoms with Gasteiger partial charge in [0.25, 0.3) is 0 Å². The van der Waals surface area contributed by atoms with E-state index in [1.165, 1.54) is 14.2 Å². The van der Waals surface area contributed by atoms with E-state index >= 15 is 0 Å². The average molecular weight is 832 g/mol. The summed E-state index contributed by atoms with van der Waals surface area (Å²) in [5.41, 5.74) is -0.0968. The molecule has 58 heavy (non-hydrogen) atoms. The van der Waals surface area contributed by atoms with Gasteiger partial charge in [-0.05, 0) is 51.1 Å². The van der Waals surface area contributed by atoms with Gasteiger partial charge in [-0.15, -0.1) is 0 Å². The predicted molar refractivity (Wildman–Crippen MR) is 209 cm³/mol. The third-order valence-corrected chi connectivity index (χ3v) is 10.8. The number of alkyl halides is 3. The van der Waals surface area contributed by atoms with E-state index < -0.39 is 71.9 Å². The van der Waals surface area contributed by atoms with Crippen LogP contribution in [0.2, 0.25) is 0 Å². The summed E-state index contributed by atoms with van der Waals surface area (Å²) in [6, 6.07) is 6.27. The highest BCUT2D eigenvalue weighted by molar-refractivity contribution is 5.92. The fourth-order valence-corrected chi connectivity index (χ4v) is 6.83. The molecule has 1 saturated heterocycles. The summed E-state index contributed by atoms with van der Waals surface area (Å²) in [4.78, 5) is 78.9. The molecule has 4 amide bonds. The van der Waals surface area contributed by atoms with Crippen molar-refractivity contribution in [1.29, 1.82) is 0 Å². The molecule has 1 fully saturated rings. The lowest BCUT2D eigenvalue weighted by Crippen LogP contribution is -2.61. The molecule has 0 spiro atoms. The fourth-order valence-electron chi connectivity index (χ4n) is 6.83. The van der Waals surface area contributed by atoms with Crippen LogP contribution >= 0.6 is 0 Å². The van der Waals surface area contributed by atoms with Gasteiger partial charge in [0.15, 0.2) is 0 Å². The van der Waals surface area contributed by atoms with Gasteiger partial charge in [-0.25, -0.2) is 9.59 Å². The Hall–Kier alpha value is -4.29. The van der Waals surface area contributed by atoms with E-state index in [4.69, 9.17) is 19.4 Å². The van der Waals surface area contributed by atoms with Gasteiger partial charge in [0.05, 0.1) is 42.2 Å². The van der Waals surface area contributed by atoms with Crippen LogP contribution in [-0.4, -0.2) is 139 Å². The number of methoxy groups -OCH3 is 2. The SMILES string of the molecule is CCC(C)C(C(CC(=O)N1CCC[C@H]1C(OC)C(C)C(=O)NC(Cc1ccccc1)C(=O)O)OC)N(C)C(=O)C(NC(=O)C(C)(C)NC)C(C)C.O=C(O)C(F)(F)F. The van der Waals surface area contributed by atoms with Gasteiger partial charge < -0.3 is 45.4 Å². The molecule has 0 radical (unpaired) electrons. The topological polar surface area (TPSA) is 204 Å². The van der Waals surface area contributed by atoms with E-state index in [0.717, 1.165) is 5.56 Å². The maximum Gasteiger partial charge on any atom is 0.490 e. The lowest BCUT2D eigenvalue weighted by molar-refractivity contribution is -0.192. The first-order valence-electron chi connectivity index (χ1n) is 19.4. The molecule has 8 atom stereocenters. The molecule has 18 heteroatoms. The van der Waals surface area contributed by atoms with E-state index in [1.54, 1.807) is 44.7 Å². The molecule has 7 unspecified atom stereocenters. The van der Waals surface area contributed by atoms with Gasteiger partial charge in [-0.2, -0.15) is 13.2 Å². The highest BCUT2D eigenvalue weighted by atomic mass is 19.4. The molecule has 0 aliphatic carbocycles. The maximum atomic E-state index is 14.1. The van der Waals surface area contributed by atoms with Crippen molar-refractivity contribution in [2.75, 3.05) is 34.9 Å². The van der Waals surface area contributed by atoms with E-state index in [9.17, 15) is 42.3 Å². The lowest BCUT2D eigenvalue weighted by atomic mass is 9.89. The highest BCUT2D eigenvalue weighted by Gasteiger charge is 2.44. The number of rotatable bonds is 20. The molecule has 2 rings (SSSR count). The minimum atomic E-state index is -5.08. The second-order valence-corrected chi connectivity index (χ2v) is 15.6. The van der Waals surface area contributed by atoms with Crippen molar-refractivity contribution < 1.29 is 61.6 Å². The average Bonchev–Trinajstić information content (AvgIpc) is 3.65. The number of carboxylic acid groups (broad SMARTS) is 2. The number of likely N-dealkylation sites (tertiary alicyclic amines) is 1. The summed E-state index contributed by atoms with van der Waals surface area (Å²) >= 11 is 0. The van der Waals surface area contributed by atoms with E-state index in [-0.39, 0.29) is 42.4 Å². The molecule has 1 aromatic rings. The standard InChI is InChI=1S/C38H63N5O8.C2HF3O2/c1-12-24(4)32(42(9)35(46)31(23(2)3)41-37(49)38(6,7)39-8)29(50-10)22-30(44)43-20-16-19-28(43)33(51-11)25(5)34(45)40-27(36(47)48)21-26-17-14-13-15-18-26;3-2(4,5)1(6)7/h13-15,17-18,23-25,27-29,31-33,39H,12,16,19-22H2,1-11H3,(H,40,45)(H,41,49)(H,47,48);(H,6,7)/t24?,25?,27?,28-,29?,31?,32?,33?;/m0./s1. The van der Waals surface area contributed by atoms with Crippen LogP contribution in [0, 0.1) is 17.8 Å². The van der Waals surface area contributed by atoms with Crippen molar-refractivity contribution in [3.63, 3.8) is 0 Å². The molecule has 1 aliphatic heterocycles. The largest absolute Gasteiger partial charge is 0.490 e. The van der Waals surface area contributed by atoms with Crippen molar-refractivity contribution in [2.45, 2.75) is 129 Å². The molecule has 1 heterocycles. The van der Waals surface area contributed by atoms with Crippen LogP contribution in [-0.2, 0) is 44.7 Å². The minimum absolute atomic E-state index is 0.0136. The Morgan fingerprint density at radius 3 is 1.98 bits per heavy atom. The zero-order valence-electron chi connectivity index (χ0n) is 35.5. The first-order valence-corrected chi connectivity index (χ1v) is 19.4. The summed E-state index contributed by atoms with van der Waals surface area (Å²) in [6.45, 7) is 13.4. The van der Waals surface area contributed by atoms with Crippen LogP contribution in [0.4, 0.5) is 13.2 Å². The smallest absolute Gasteiger partial charge is 0.480 e. The molecule has 330 valence electrons. The zero-order valence-corrected chi connectivity index (χ0v) is 35.5. The summed E-state index contributed by atoms with van der Waals surface area (Å²) in [6.07, 6.45) is -4.27. The molecule has 0 bridgehead atoms. The third-order valence-electron chi connectivity index (χ3n) is 10.8. The third kappa shape index (κ3) is 14.8. The molecule has 0 aromatic heterocycles. The number of likely N-dealkylation sites (N-methyl/N-ethyl adjacent to an activating group) is 2. The normalized spacial score (nSPS) is 18.1. The quantitative estimate of drug-likeness (QED) is 0.129. The second-order valence-electron chi connectivity index (χ2n) is 15.6. The van der Waals surface area contributed by atoms with Gasteiger partial charge in [0.2, 0.25) is 23.6 Å². The number of aliphatic carboxylic acids is 2. The van der Waals surface area contributed by atoms with Crippen molar-refractivity contribution >= 4 is 35.6 Å². The predicted octanol–water partition coefficient (Wildman–Crippen LogP) is 3.49. The molecule has 1 aliphatic rings. The number of hydrogen-bond acceptors (Lipinski definition) is 9. The molecular weight excluding hydrogens is 767 g/mol. The van der Waals surface area contributed by atoms with Gasteiger partial charge in [-0.3, -0.25) is 19.2 Å². The Labute approximate surface area is 339 Å². The monoisotopic (exact) mass is 831 g/mol. The van der Waals surface area contributed by atoms with Gasteiger partial charge >= 0.3 is 18.1 Å². The number of carbonyl (C=O) groups excluding carboxylic acids is 4. The van der Waals surface area contributed by atoms with E-state index in [2.05, 4.69) is 16.0 Å². The Kier molecular flexibility index (Phi) is 20.8. The van der Waals surface area contributed by atoms with Gasteiger partial charge in [0, 0.05) is 34.2 Å². The Balaban J connectivity index is 0.00000219. The van der Waals surface area contributed by atoms with Gasteiger partial charge in [-0.1, -0.05) is 71.4 Å². The molecule has 0 saturated carbocycles. The number of nitrogens with one attached hydrogen (secondary N) is 3. The zero-order chi connectivity index (χ0) is 44.7. The number of hydrogen-bond donors (Lipinski definition) is 5. The maximum absolute atomic E-state index is 14.1. The second kappa shape index (κ2) is 23.3. The number of ether oxygens (including phenoxy) is 2. The van der Waals surface area contributed by atoms with Crippen LogP contribution in [0.15, 0.2) is 30.3 Å². The number of nitrogens with zero attached hydrogens (tertiary/aromatic N) is 2. The Morgan fingerprint density at radius 2 is 1.53 bits per heavy atom. The summed E-state index contributed by atoms with van der Waals surface area (Å²) in [5.74, 6) is -6.12. The van der Waals surface area contributed by atoms with Gasteiger partial charge in [0.1, 0.15) is 12.1 Å². The van der Waals surface area contributed by atoms with Crippen molar-refractivity contribution in [2.24, 2.45) is 17.8 Å². The summed E-state index contributed by atoms with van der Waals surface area (Å²) < 4.78 is 43.5.